The molecule has 27 heavy (non-hydrogen) atoms. The van der Waals surface area contributed by atoms with Crippen LogP contribution in [0, 0.1) is 0 Å². The van der Waals surface area contributed by atoms with Crippen LogP contribution < -0.4 is 10.2 Å². The fraction of sp³-hybridized carbons (Fsp3) is 0.429. The Hall–Kier alpha value is -2.60. The lowest BCUT2D eigenvalue weighted by Gasteiger charge is -2.36. The van der Waals surface area contributed by atoms with Crippen molar-refractivity contribution < 1.29 is 9.53 Å². The third-order valence-corrected chi connectivity index (χ3v) is 4.36. The van der Waals surface area contributed by atoms with Crippen molar-refractivity contribution in [1.82, 2.24) is 9.88 Å². The first-order valence-corrected chi connectivity index (χ1v) is 9.36. The highest BCUT2D eigenvalue weighted by Gasteiger charge is 2.19. The predicted molar refractivity (Wildman–Crippen MR) is 108 cm³/mol. The molecule has 1 aliphatic rings. The number of nitrogens with zero attached hydrogens (tertiary/aromatic N) is 3. The molecule has 1 aromatic heterocycles. The second-order valence-corrected chi connectivity index (χ2v) is 7.78. The summed E-state index contributed by atoms with van der Waals surface area (Å²) in [5.41, 5.74) is 1.90. The summed E-state index contributed by atoms with van der Waals surface area (Å²) in [7, 11) is 0. The maximum atomic E-state index is 11.8. The summed E-state index contributed by atoms with van der Waals surface area (Å²) in [6.45, 7) is 10.5. The molecular weight excluding hydrogens is 340 g/mol. The average Bonchev–Trinajstić information content (AvgIpc) is 2.62. The van der Waals surface area contributed by atoms with Gasteiger partial charge in [-0.25, -0.2) is 9.78 Å². The van der Waals surface area contributed by atoms with Crippen molar-refractivity contribution in [2.24, 2.45) is 0 Å². The van der Waals surface area contributed by atoms with Crippen LogP contribution in [-0.4, -0.2) is 47.8 Å². The number of carbonyl (C=O) groups is 1. The Balaban J connectivity index is 1.49. The fourth-order valence-corrected chi connectivity index (χ4v) is 3.06. The monoisotopic (exact) mass is 368 g/mol. The van der Waals surface area contributed by atoms with Crippen molar-refractivity contribution in [3.05, 3.63) is 54.2 Å². The zero-order chi connectivity index (χ0) is 19.3. The predicted octanol–water partition coefficient (Wildman–Crippen LogP) is 3.75. The first-order valence-electron chi connectivity index (χ1n) is 9.36. The van der Waals surface area contributed by atoms with E-state index in [1.54, 1.807) is 6.20 Å². The highest BCUT2D eigenvalue weighted by molar-refractivity contribution is 5.83. The lowest BCUT2D eigenvalue weighted by molar-refractivity contribution is 0.0635. The van der Waals surface area contributed by atoms with Gasteiger partial charge in [-0.1, -0.05) is 30.3 Å². The lowest BCUT2D eigenvalue weighted by atomic mass is 10.2. The third-order valence-electron chi connectivity index (χ3n) is 4.36. The van der Waals surface area contributed by atoms with Gasteiger partial charge >= 0.3 is 6.09 Å². The highest BCUT2D eigenvalue weighted by Crippen LogP contribution is 2.18. The standard InChI is InChI=1S/C21H28N4O2/c1-21(2,3)27-20(26)23-19-10-9-18(15-22-19)25-13-11-24(12-14-25)16-17-7-5-4-6-8-17/h4-10,15H,11-14,16H2,1-3H3,(H,22,23,26). The van der Waals surface area contributed by atoms with Crippen LogP contribution in [0.1, 0.15) is 26.3 Å². The Kier molecular flexibility index (Phi) is 5.96. The van der Waals surface area contributed by atoms with Crippen LogP contribution >= 0.6 is 0 Å². The molecule has 144 valence electrons. The van der Waals surface area contributed by atoms with E-state index in [2.05, 4.69) is 50.4 Å². The number of hydrogen-bond donors (Lipinski definition) is 1. The van der Waals surface area contributed by atoms with Crippen LogP contribution in [0.4, 0.5) is 16.3 Å². The first-order chi connectivity index (χ1) is 12.9. The number of anilines is 2. The number of rotatable bonds is 4. The van der Waals surface area contributed by atoms with Crippen LogP contribution in [0.15, 0.2) is 48.7 Å². The molecule has 0 atom stereocenters. The van der Waals surface area contributed by atoms with Gasteiger partial charge in [0, 0.05) is 32.7 Å². The van der Waals surface area contributed by atoms with E-state index in [-0.39, 0.29) is 0 Å². The Morgan fingerprint density at radius 3 is 2.37 bits per heavy atom. The molecule has 0 saturated carbocycles. The lowest BCUT2D eigenvalue weighted by Crippen LogP contribution is -2.46. The molecule has 1 amide bonds. The number of pyridine rings is 1. The van der Waals surface area contributed by atoms with E-state index in [1.807, 2.05) is 32.9 Å². The molecule has 1 N–H and O–H groups in total. The van der Waals surface area contributed by atoms with Crippen molar-refractivity contribution in [3.63, 3.8) is 0 Å². The Morgan fingerprint density at radius 1 is 1.07 bits per heavy atom. The van der Waals surface area contributed by atoms with E-state index >= 15 is 0 Å². The number of benzene rings is 1. The molecule has 1 fully saturated rings. The van der Waals surface area contributed by atoms with Gasteiger partial charge in [0.05, 0.1) is 11.9 Å². The van der Waals surface area contributed by atoms with E-state index < -0.39 is 11.7 Å². The van der Waals surface area contributed by atoms with E-state index in [1.165, 1.54) is 5.56 Å². The van der Waals surface area contributed by atoms with Gasteiger partial charge in [-0.15, -0.1) is 0 Å². The summed E-state index contributed by atoms with van der Waals surface area (Å²) in [6.07, 6.45) is 1.32. The maximum Gasteiger partial charge on any atom is 0.413 e. The minimum absolute atomic E-state index is 0.489. The summed E-state index contributed by atoms with van der Waals surface area (Å²) in [6, 6.07) is 14.4. The van der Waals surface area contributed by atoms with Crippen molar-refractivity contribution in [1.29, 1.82) is 0 Å². The molecule has 1 aromatic carbocycles. The number of nitrogens with one attached hydrogen (secondary N) is 1. The SMILES string of the molecule is CC(C)(C)OC(=O)Nc1ccc(N2CCN(Cc3ccccc3)CC2)cn1. The zero-order valence-electron chi connectivity index (χ0n) is 16.3. The van der Waals surface area contributed by atoms with Crippen LogP contribution in [0.5, 0.6) is 0 Å². The molecule has 0 radical (unpaired) electrons. The minimum Gasteiger partial charge on any atom is -0.444 e. The molecule has 2 aromatic rings. The summed E-state index contributed by atoms with van der Waals surface area (Å²) in [5.74, 6) is 0.496. The molecule has 2 heterocycles. The van der Waals surface area contributed by atoms with Crippen molar-refractivity contribution in [3.8, 4) is 0 Å². The molecule has 1 saturated heterocycles. The second-order valence-electron chi connectivity index (χ2n) is 7.78. The van der Waals surface area contributed by atoms with Gasteiger partial charge in [0.2, 0.25) is 0 Å². The van der Waals surface area contributed by atoms with Crippen molar-refractivity contribution in [2.45, 2.75) is 32.9 Å². The molecule has 6 nitrogen and oxygen atoms in total. The number of ether oxygens (including phenoxy) is 1. The topological polar surface area (TPSA) is 57.7 Å². The Labute approximate surface area is 161 Å². The van der Waals surface area contributed by atoms with Gasteiger partial charge in [-0.3, -0.25) is 10.2 Å². The van der Waals surface area contributed by atoms with Crippen LogP contribution in [0.3, 0.4) is 0 Å². The molecule has 0 aliphatic carbocycles. The molecule has 3 rings (SSSR count). The quantitative estimate of drug-likeness (QED) is 0.891. The van der Waals surface area contributed by atoms with Crippen molar-refractivity contribution >= 4 is 17.6 Å². The molecule has 6 heteroatoms. The number of piperazine rings is 1. The normalized spacial score (nSPS) is 15.4. The first kappa shape index (κ1) is 19.2. The van der Waals surface area contributed by atoms with Crippen LogP contribution in [0.2, 0.25) is 0 Å². The second kappa shape index (κ2) is 8.39. The number of aromatic nitrogens is 1. The zero-order valence-corrected chi connectivity index (χ0v) is 16.3. The molecule has 0 unspecified atom stereocenters. The van der Waals surface area contributed by atoms with Gasteiger partial charge < -0.3 is 9.64 Å². The van der Waals surface area contributed by atoms with Crippen molar-refractivity contribution in [2.75, 3.05) is 36.4 Å². The molecular formula is C21H28N4O2. The van der Waals surface area contributed by atoms with E-state index in [4.69, 9.17) is 4.74 Å². The largest absolute Gasteiger partial charge is 0.444 e. The van der Waals surface area contributed by atoms with E-state index in [0.29, 0.717) is 5.82 Å². The van der Waals surface area contributed by atoms with E-state index in [0.717, 1.165) is 38.4 Å². The maximum absolute atomic E-state index is 11.8. The summed E-state index contributed by atoms with van der Waals surface area (Å²) in [5, 5.41) is 2.66. The van der Waals surface area contributed by atoms with Gasteiger partial charge in [-0.05, 0) is 38.5 Å². The average molecular weight is 368 g/mol. The molecule has 1 aliphatic heterocycles. The Morgan fingerprint density at radius 2 is 1.78 bits per heavy atom. The highest BCUT2D eigenvalue weighted by atomic mass is 16.6. The Bertz CT molecular complexity index is 733. The third kappa shape index (κ3) is 5.96. The van der Waals surface area contributed by atoms with Gasteiger partial charge in [0.15, 0.2) is 0 Å². The number of carbonyl (C=O) groups excluding carboxylic acids is 1. The summed E-state index contributed by atoms with van der Waals surface area (Å²) in [4.78, 5) is 21.0. The summed E-state index contributed by atoms with van der Waals surface area (Å²) < 4.78 is 5.24. The van der Waals surface area contributed by atoms with Crippen LogP contribution in [-0.2, 0) is 11.3 Å². The van der Waals surface area contributed by atoms with Gasteiger partial charge in [-0.2, -0.15) is 0 Å². The molecule has 0 bridgehead atoms. The number of hydrogen-bond acceptors (Lipinski definition) is 5. The van der Waals surface area contributed by atoms with Gasteiger partial charge in [0.1, 0.15) is 11.4 Å². The number of amides is 1. The minimum atomic E-state index is -0.524. The fourth-order valence-electron chi connectivity index (χ4n) is 3.06. The van der Waals surface area contributed by atoms with E-state index in [9.17, 15) is 4.79 Å². The smallest absolute Gasteiger partial charge is 0.413 e. The van der Waals surface area contributed by atoms with Crippen LogP contribution in [0.25, 0.3) is 0 Å². The molecule has 0 spiro atoms. The van der Waals surface area contributed by atoms with Gasteiger partial charge in [0.25, 0.3) is 0 Å². The summed E-state index contributed by atoms with van der Waals surface area (Å²) >= 11 is 0.